The molecule has 6 heteroatoms. The molecule has 2 aliphatic rings. The van der Waals surface area contributed by atoms with E-state index in [4.69, 9.17) is 0 Å². The third-order valence-electron chi connectivity index (χ3n) is 6.22. The van der Waals surface area contributed by atoms with Crippen molar-refractivity contribution in [2.24, 2.45) is 5.92 Å². The molecular formula is C23H24FN3O2. The molecule has 0 saturated heterocycles. The first-order valence-corrected chi connectivity index (χ1v) is 10.1. The zero-order valence-corrected chi connectivity index (χ0v) is 16.8. The Morgan fingerprint density at radius 3 is 2.72 bits per heavy atom. The van der Waals surface area contributed by atoms with Crippen molar-refractivity contribution in [3.8, 4) is 11.1 Å². The number of aromatic nitrogens is 2. The molecule has 2 aromatic carbocycles. The molecule has 2 N–H and O–H groups in total. The Morgan fingerprint density at radius 2 is 2.03 bits per heavy atom. The van der Waals surface area contributed by atoms with E-state index in [0.717, 1.165) is 29.5 Å². The summed E-state index contributed by atoms with van der Waals surface area (Å²) in [7, 11) is 0. The molecule has 2 heterocycles. The van der Waals surface area contributed by atoms with Crippen LogP contribution in [0.4, 0.5) is 4.39 Å². The van der Waals surface area contributed by atoms with E-state index in [-0.39, 0.29) is 11.9 Å². The summed E-state index contributed by atoms with van der Waals surface area (Å²) in [4.78, 5) is 15.3. The zero-order chi connectivity index (χ0) is 20.5. The lowest BCUT2D eigenvalue weighted by Crippen LogP contribution is -2.51. The number of amides is 1. The van der Waals surface area contributed by atoms with Crippen LogP contribution >= 0.6 is 0 Å². The predicted octanol–water partition coefficient (Wildman–Crippen LogP) is 4.18. The van der Waals surface area contributed by atoms with Gasteiger partial charge < -0.3 is 10.0 Å². The first-order valence-electron chi connectivity index (χ1n) is 10.1. The highest BCUT2D eigenvalue weighted by Gasteiger charge is 2.48. The van der Waals surface area contributed by atoms with Crippen LogP contribution in [0.5, 0.6) is 0 Å². The van der Waals surface area contributed by atoms with Crippen LogP contribution in [-0.4, -0.2) is 37.8 Å². The molecule has 1 aromatic heterocycles. The number of carbonyl (C=O) groups excluding carboxylic acids is 1. The molecule has 3 aromatic rings. The molecule has 29 heavy (non-hydrogen) atoms. The van der Waals surface area contributed by atoms with Crippen molar-refractivity contribution in [2.45, 2.75) is 51.8 Å². The number of rotatable bonds is 4. The molecular weight excluding hydrogens is 369 g/mol. The number of hydrogen-bond donors (Lipinski definition) is 2. The summed E-state index contributed by atoms with van der Waals surface area (Å²) in [6.45, 7) is 5.87. The van der Waals surface area contributed by atoms with Gasteiger partial charge >= 0.3 is 0 Å². The minimum Gasteiger partial charge on any atom is -0.388 e. The minimum absolute atomic E-state index is 0.127. The number of aliphatic hydroxyl groups is 1. The summed E-state index contributed by atoms with van der Waals surface area (Å²) in [6.07, 6.45) is 2.04. The molecule has 1 saturated carbocycles. The number of hydrogen-bond acceptors (Lipinski definition) is 3. The van der Waals surface area contributed by atoms with Crippen LogP contribution in [0.25, 0.3) is 22.0 Å². The smallest absolute Gasteiger partial charge is 0.255 e. The van der Waals surface area contributed by atoms with Crippen molar-refractivity contribution in [3.05, 3.63) is 53.0 Å². The molecule has 1 aliphatic heterocycles. The maximum Gasteiger partial charge on any atom is 0.255 e. The second-order valence-electron chi connectivity index (χ2n) is 8.91. The number of carbonyl (C=O) groups is 1. The Balaban J connectivity index is 1.63. The summed E-state index contributed by atoms with van der Waals surface area (Å²) in [5.74, 6) is -0.207. The number of fused-ring (bicyclic) bond motifs is 2. The van der Waals surface area contributed by atoms with Gasteiger partial charge in [0.05, 0.1) is 22.7 Å². The topological polar surface area (TPSA) is 69.2 Å². The average Bonchev–Trinajstić information content (AvgIpc) is 3.34. The van der Waals surface area contributed by atoms with Crippen LogP contribution in [-0.2, 0) is 6.54 Å². The second-order valence-corrected chi connectivity index (χ2v) is 8.91. The maximum absolute atomic E-state index is 15.0. The summed E-state index contributed by atoms with van der Waals surface area (Å²) in [6, 6.07) is 8.53. The first kappa shape index (κ1) is 18.3. The lowest BCUT2D eigenvalue weighted by Gasteiger charge is -2.37. The predicted molar refractivity (Wildman–Crippen MR) is 109 cm³/mol. The van der Waals surface area contributed by atoms with Gasteiger partial charge in [0.2, 0.25) is 0 Å². The van der Waals surface area contributed by atoms with E-state index in [9.17, 15) is 14.3 Å². The molecule has 150 valence electrons. The molecule has 0 spiro atoms. The van der Waals surface area contributed by atoms with E-state index < -0.39 is 11.4 Å². The number of H-pyrrole nitrogens is 1. The molecule has 1 aliphatic carbocycles. The minimum atomic E-state index is -0.989. The van der Waals surface area contributed by atoms with E-state index >= 15 is 0 Å². The SMILES string of the molecule is Cc1[nH]nc2cc(F)c(-c3cccc4c3C(=O)N(C(C3CC3)C(C)(C)O)C4)cc12. The van der Waals surface area contributed by atoms with Gasteiger partial charge in [-0.1, -0.05) is 18.2 Å². The highest BCUT2D eigenvalue weighted by Crippen LogP contribution is 2.44. The van der Waals surface area contributed by atoms with Gasteiger partial charge in [0, 0.05) is 29.3 Å². The maximum atomic E-state index is 15.0. The number of nitrogens with one attached hydrogen (secondary N) is 1. The van der Waals surface area contributed by atoms with Gasteiger partial charge in [0.1, 0.15) is 5.82 Å². The largest absolute Gasteiger partial charge is 0.388 e. The Kier molecular flexibility index (Phi) is 3.87. The number of benzene rings is 2. The monoisotopic (exact) mass is 393 g/mol. The van der Waals surface area contributed by atoms with Crippen LogP contribution in [0.2, 0.25) is 0 Å². The lowest BCUT2D eigenvalue weighted by atomic mass is 9.92. The molecule has 0 radical (unpaired) electrons. The van der Waals surface area contributed by atoms with Crippen molar-refractivity contribution in [1.82, 2.24) is 15.1 Å². The Bertz CT molecular complexity index is 1140. The average molecular weight is 393 g/mol. The Labute approximate surface area is 168 Å². The van der Waals surface area contributed by atoms with Crippen LogP contribution in [0.1, 0.15) is 48.3 Å². The lowest BCUT2D eigenvalue weighted by molar-refractivity contribution is -0.0224. The summed E-state index contributed by atoms with van der Waals surface area (Å²) >= 11 is 0. The van der Waals surface area contributed by atoms with E-state index in [1.54, 1.807) is 30.9 Å². The van der Waals surface area contributed by atoms with Gasteiger partial charge in [-0.05, 0) is 56.7 Å². The van der Waals surface area contributed by atoms with Gasteiger partial charge in [0.25, 0.3) is 5.91 Å². The fourth-order valence-corrected chi connectivity index (χ4v) is 4.82. The fourth-order valence-electron chi connectivity index (χ4n) is 4.82. The fraction of sp³-hybridized carbons (Fsp3) is 0.391. The number of aryl methyl sites for hydroxylation is 1. The zero-order valence-electron chi connectivity index (χ0n) is 16.8. The standard InChI is InChI=1S/C23H24FN3O2/c1-12-16-9-17(18(24)10-19(16)26-25-12)15-6-4-5-14-11-27(22(28)20(14)15)21(13-7-8-13)23(2,3)29/h4-6,9-10,13,21,29H,7-8,11H2,1-3H3,(H,25,26). The van der Waals surface area contributed by atoms with Gasteiger partial charge in [-0.15, -0.1) is 0 Å². The number of aromatic amines is 1. The van der Waals surface area contributed by atoms with Gasteiger partial charge in [0.15, 0.2) is 0 Å². The quantitative estimate of drug-likeness (QED) is 0.699. The van der Waals surface area contributed by atoms with Crippen molar-refractivity contribution in [3.63, 3.8) is 0 Å². The van der Waals surface area contributed by atoms with Gasteiger partial charge in [-0.25, -0.2) is 4.39 Å². The second kappa shape index (κ2) is 6.13. The molecule has 1 atom stereocenters. The Morgan fingerprint density at radius 1 is 1.28 bits per heavy atom. The van der Waals surface area contributed by atoms with E-state index in [1.807, 2.05) is 19.1 Å². The van der Waals surface area contributed by atoms with Crippen molar-refractivity contribution in [2.75, 3.05) is 0 Å². The molecule has 1 unspecified atom stereocenters. The van der Waals surface area contributed by atoms with E-state index in [1.165, 1.54) is 6.07 Å². The third-order valence-corrected chi connectivity index (χ3v) is 6.22. The molecule has 5 rings (SSSR count). The number of halogens is 1. The molecule has 5 nitrogen and oxygen atoms in total. The normalized spacial score (nSPS) is 17.8. The van der Waals surface area contributed by atoms with Gasteiger partial charge in [-0.2, -0.15) is 5.10 Å². The van der Waals surface area contributed by atoms with Crippen LogP contribution < -0.4 is 0 Å². The van der Waals surface area contributed by atoms with Gasteiger partial charge in [-0.3, -0.25) is 9.89 Å². The first-order chi connectivity index (χ1) is 13.8. The van der Waals surface area contributed by atoms with E-state index in [2.05, 4.69) is 10.2 Å². The molecule has 1 fully saturated rings. The van der Waals surface area contributed by atoms with Crippen LogP contribution in [0.15, 0.2) is 30.3 Å². The van der Waals surface area contributed by atoms with Crippen molar-refractivity contribution < 1.29 is 14.3 Å². The van der Waals surface area contributed by atoms with Crippen LogP contribution in [0.3, 0.4) is 0 Å². The third kappa shape index (κ3) is 2.85. The highest BCUT2D eigenvalue weighted by molar-refractivity contribution is 6.05. The van der Waals surface area contributed by atoms with Crippen molar-refractivity contribution >= 4 is 16.8 Å². The molecule has 0 bridgehead atoms. The van der Waals surface area contributed by atoms with Crippen molar-refractivity contribution in [1.29, 1.82) is 0 Å². The Hall–Kier alpha value is -2.73. The molecule has 1 amide bonds. The summed E-state index contributed by atoms with van der Waals surface area (Å²) < 4.78 is 15.0. The summed E-state index contributed by atoms with van der Waals surface area (Å²) in [5, 5.41) is 18.6. The number of nitrogens with zero attached hydrogens (tertiary/aromatic N) is 2. The summed E-state index contributed by atoms with van der Waals surface area (Å²) in [5.41, 5.74) is 2.86. The van der Waals surface area contributed by atoms with E-state index in [0.29, 0.717) is 34.7 Å². The van der Waals surface area contributed by atoms with Crippen LogP contribution in [0, 0.1) is 18.7 Å². The highest BCUT2D eigenvalue weighted by atomic mass is 19.1.